The molecule has 1 aromatic carbocycles. The summed E-state index contributed by atoms with van der Waals surface area (Å²) in [7, 11) is 0. The van der Waals surface area contributed by atoms with Crippen molar-refractivity contribution in [2.45, 2.75) is 32.4 Å². The topological polar surface area (TPSA) is 71.3 Å². The van der Waals surface area contributed by atoms with E-state index in [1.165, 1.54) is 24.2 Å². The normalized spacial score (nSPS) is 18.0. The fourth-order valence-electron chi connectivity index (χ4n) is 3.54. The quantitative estimate of drug-likeness (QED) is 0.772. The monoisotopic (exact) mass is 339 g/mol. The number of fused-ring (bicyclic) bond motifs is 1. The van der Waals surface area contributed by atoms with Gasteiger partial charge in [-0.3, -0.25) is 19.2 Å². The molecule has 0 spiro atoms. The minimum absolute atomic E-state index is 0.411. The maximum Gasteiger partial charge on any atom is 0.299 e. The smallest absolute Gasteiger partial charge is 0.299 e. The minimum atomic E-state index is -0.463. The zero-order chi connectivity index (χ0) is 17.2. The second kappa shape index (κ2) is 6.76. The van der Waals surface area contributed by atoms with Gasteiger partial charge in [0.15, 0.2) is 0 Å². The van der Waals surface area contributed by atoms with Gasteiger partial charge in [0.2, 0.25) is 0 Å². The van der Waals surface area contributed by atoms with Gasteiger partial charge < -0.3 is 4.90 Å². The summed E-state index contributed by atoms with van der Waals surface area (Å²) in [4.78, 5) is 28.1. The van der Waals surface area contributed by atoms with Crippen LogP contribution in [0.3, 0.4) is 0 Å². The Morgan fingerprint density at radius 1 is 1.00 bits per heavy atom. The van der Waals surface area contributed by atoms with Crippen molar-refractivity contribution in [3.63, 3.8) is 0 Å². The van der Waals surface area contributed by atoms with Crippen LogP contribution >= 0.6 is 0 Å². The molecule has 2 aliphatic heterocycles. The number of aromatic nitrogens is 3. The zero-order valence-corrected chi connectivity index (χ0v) is 14.1. The van der Waals surface area contributed by atoms with E-state index in [9.17, 15) is 9.59 Å². The van der Waals surface area contributed by atoms with E-state index >= 15 is 0 Å². The van der Waals surface area contributed by atoms with Gasteiger partial charge in [-0.15, -0.1) is 5.10 Å². The Morgan fingerprint density at radius 2 is 1.80 bits per heavy atom. The molecule has 1 aromatic heterocycles. The van der Waals surface area contributed by atoms with Crippen molar-refractivity contribution in [2.75, 3.05) is 24.5 Å². The molecule has 0 bridgehead atoms. The Bertz CT molecular complexity index is 794. The van der Waals surface area contributed by atoms with Gasteiger partial charge in [0.05, 0.1) is 23.5 Å². The van der Waals surface area contributed by atoms with E-state index in [1.807, 2.05) is 12.3 Å². The number of nitrogens with zero attached hydrogens (tertiary/aromatic N) is 5. The molecular formula is C18H21N5O2. The predicted molar refractivity (Wildman–Crippen MR) is 92.3 cm³/mol. The first-order chi connectivity index (χ1) is 12.2. The van der Waals surface area contributed by atoms with Crippen molar-refractivity contribution in [3.05, 3.63) is 41.7 Å². The number of likely N-dealkylation sites (tertiary alicyclic amines) is 1. The van der Waals surface area contributed by atoms with Crippen LogP contribution in [0.4, 0.5) is 5.69 Å². The molecule has 130 valence electrons. The number of anilines is 1. The highest BCUT2D eigenvalue weighted by Gasteiger charge is 2.35. The zero-order valence-electron chi connectivity index (χ0n) is 14.1. The Hall–Kier alpha value is -2.54. The van der Waals surface area contributed by atoms with Crippen LogP contribution in [0.25, 0.3) is 0 Å². The Morgan fingerprint density at radius 3 is 2.64 bits per heavy atom. The molecule has 0 saturated carbocycles. The molecule has 25 heavy (non-hydrogen) atoms. The maximum atomic E-state index is 12.2. The summed E-state index contributed by atoms with van der Waals surface area (Å²) >= 11 is 0. The van der Waals surface area contributed by atoms with Crippen LogP contribution in [-0.4, -0.2) is 51.2 Å². The van der Waals surface area contributed by atoms with Crippen molar-refractivity contribution in [3.8, 4) is 0 Å². The Balaban J connectivity index is 1.39. The molecule has 1 fully saturated rings. The van der Waals surface area contributed by atoms with Gasteiger partial charge in [-0.25, -0.2) is 0 Å². The number of para-hydroxylation sites is 1. The van der Waals surface area contributed by atoms with Crippen LogP contribution in [0.15, 0.2) is 30.5 Å². The molecule has 7 nitrogen and oxygen atoms in total. The minimum Gasteiger partial charge on any atom is -0.303 e. The third kappa shape index (κ3) is 3.19. The molecule has 0 atom stereocenters. The van der Waals surface area contributed by atoms with Crippen LogP contribution in [0.5, 0.6) is 0 Å². The molecule has 1 amide bonds. The highest BCUT2D eigenvalue weighted by atomic mass is 16.2. The number of hydrogen-bond donors (Lipinski definition) is 0. The number of benzene rings is 1. The lowest BCUT2D eigenvalue weighted by Gasteiger charge is -2.25. The second-order valence-electron chi connectivity index (χ2n) is 6.61. The van der Waals surface area contributed by atoms with Crippen molar-refractivity contribution in [1.29, 1.82) is 0 Å². The van der Waals surface area contributed by atoms with E-state index in [0.29, 0.717) is 24.3 Å². The number of piperidine rings is 1. The van der Waals surface area contributed by atoms with Gasteiger partial charge in [0.25, 0.3) is 11.7 Å². The lowest BCUT2D eigenvalue weighted by molar-refractivity contribution is -0.114. The molecule has 4 rings (SSSR count). The number of Topliss-reactive ketones (excluding diaryl/α,β-unsaturated/α-hetero) is 1. The van der Waals surface area contributed by atoms with Crippen molar-refractivity contribution in [1.82, 2.24) is 19.9 Å². The summed E-state index contributed by atoms with van der Waals surface area (Å²) in [6.07, 6.45) is 5.74. The molecule has 0 aliphatic carbocycles. The van der Waals surface area contributed by atoms with Crippen LogP contribution in [0.1, 0.15) is 35.3 Å². The number of rotatable bonds is 5. The number of amides is 1. The summed E-state index contributed by atoms with van der Waals surface area (Å²) in [6, 6.07) is 7.12. The molecule has 1 saturated heterocycles. The fraction of sp³-hybridized carbons (Fsp3) is 0.444. The van der Waals surface area contributed by atoms with Crippen LogP contribution in [0.2, 0.25) is 0 Å². The third-order valence-corrected chi connectivity index (χ3v) is 4.85. The highest BCUT2D eigenvalue weighted by Crippen LogP contribution is 2.28. The van der Waals surface area contributed by atoms with Gasteiger partial charge in [-0.1, -0.05) is 23.8 Å². The molecule has 7 heteroatoms. The lowest BCUT2D eigenvalue weighted by Crippen LogP contribution is -2.32. The summed E-state index contributed by atoms with van der Waals surface area (Å²) < 4.78 is 1.75. The summed E-state index contributed by atoms with van der Waals surface area (Å²) in [5.74, 6) is -0.894. The van der Waals surface area contributed by atoms with E-state index in [1.54, 1.807) is 22.9 Å². The maximum absolute atomic E-state index is 12.2. The van der Waals surface area contributed by atoms with Crippen LogP contribution in [-0.2, 0) is 17.9 Å². The van der Waals surface area contributed by atoms with Crippen molar-refractivity contribution < 1.29 is 9.59 Å². The molecular weight excluding hydrogens is 318 g/mol. The second-order valence-corrected chi connectivity index (χ2v) is 6.61. The molecule has 0 radical (unpaired) electrons. The summed E-state index contributed by atoms with van der Waals surface area (Å²) in [5.41, 5.74) is 2.12. The predicted octanol–water partition coefficient (Wildman–Crippen LogP) is 1.49. The molecule has 3 heterocycles. The van der Waals surface area contributed by atoms with Gasteiger partial charge in [0, 0.05) is 19.3 Å². The highest BCUT2D eigenvalue weighted by molar-refractivity contribution is 6.52. The van der Waals surface area contributed by atoms with Gasteiger partial charge in [-0.2, -0.15) is 0 Å². The van der Waals surface area contributed by atoms with Crippen LogP contribution in [0, 0.1) is 0 Å². The molecule has 2 aliphatic rings. The van der Waals surface area contributed by atoms with Gasteiger partial charge in [-0.05, 0) is 38.1 Å². The first kappa shape index (κ1) is 16.0. The summed E-state index contributed by atoms with van der Waals surface area (Å²) in [5, 5.41) is 8.39. The molecule has 0 N–H and O–H groups in total. The van der Waals surface area contributed by atoms with Gasteiger partial charge >= 0.3 is 0 Å². The molecule has 0 unspecified atom stereocenters. The van der Waals surface area contributed by atoms with E-state index in [0.717, 1.165) is 25.3 Å². The third-order valence-electron chi connectivity index (χ3n) is 4.85. The lowest BCUT2D eigenvalue weighted by atomic mass is 10.1. The van der Waals surface area contributed by atoms with Crippen molar-refractivity contribution in [2.24, 2.45) is 0 Å². The van der Waals surface area contributed by atoms with Gasteiger partial charge in [0.1, 0.15) is 0 Å². The number of hydrogen-bond acceptors (Lipinski definition) is 5. The van der Waals surface area contributed by atoms with Crippen LogP contribution < -0.4 is 4.90 Å². The Labute approximate surface area is 146 Å². The largest absolute Gasteiger partial charge is 0.303 e. The first-order valence-corrected chi connectivity index (χ1v) is 8.79. The number of ketones is 1. The molecule has 2 aromatic rings. The van der Waals surface area contributed by atoms with E-state index in [-0.39, 0.29) is 0 Å². The number of carbonyl (C=O) groups is 2. The average molecular weight is 339 g/mol. The first-order valence-electron chi connectivity index (χ1n) is 8.79. The number of carbonyl (C=O) groups excluding carboxylic acids is 2. The average Bonchev–Trinajstić information content (AvgIpc) is 3.18. The van der Waals surface area contributed by atoms with Crippen molar-refractivity contribution >= 4 is 17.4 Å². The standard InChI is InChI=1S/C18H21N5O2/c24-17-15-6-2-3-7-16(15)23(18(17)25)11-10-22-13-14(19-20-22)12-21-8-4-1-5-9-21/h2-3,6-7,13H,1,4-5,8-12H2. The SMILES string of the molecule is O=C1C(=O)N(CCn2cc(CN3CCCCC3)nn2)c2ccccc21. The summed E-state index contributed by atoms with van der Waals surface area (Å²) in [6.45, 7) is 3.99. The Kier molecular flexibility index (Phi) is 4.31. The fourth-order valence-corrected chi connectivity index (χ4v) is 3.54. The van der Waals surface area contributed by atoms with E-state index in [2.05, 4.69) is 15.2 Å². The van der Waals surface area contributed by atoms with E-state index in [4.69, 9.17) is 0 Å². The van der Waals surface area contributed by atoms with E-state index < -0.39 is 11.7 Å².